The Morgan fingerprint density at radius 2 is 1.57 bits per heavy atom. The van der Waals surface area contributed by atoms with Crippen molar-refractivity contribution < 1.29 is 18.0 Å². The molecule has 3 aromatic rings. The summed E-state index contributed by atoms with van der Waals surface area (Å²) in [7, 11) is -2.16. The third kappa shape index (κ3) is 4.93. The van der Waals surface area contributed by atoms with Crippen LogP contribution in [0.2, 0.25) is 0 Å². The van der Waals surface area contributed by atoms with Gasteiger partial charge in [0.2, 0.25) is 5.91 Å². The van der Waals surface area contributed by atoms with Gasteiger partial charge in [-0.15, -0.1) is 0 Å². The maximum Gasteiger partial charge on any atom is 0.264 e. The van der Waals surface area contributed by atoms with Crippen LogP contribution in [0.3, 0.4) is 0 Å². The van der Waals surface area contributed by atoms with Crippen LogP contribution >= 0.6 is 0 Å². The number of carbonyl (C=O) groups excluding carboxylic acids is 2. The standard InChI is InChI=1S/C23H22N2O4S/c1-17(26)19-7-6-8-20(16-19)24-23(27)15-18-11-13-21(14-12-18)25(2)30(28,29)22-9-4-3-5-10-22/h3-14,16H,15H2,1-2H3,(H,24,27). The van der Waals surface area contributed by atoms with Gasteiger partial charge in [-0.05, 0) is 48.9 Å². The van der Waals surface area contributed by atoms with Gasteiger partial charge in [0, 0.05) is 18.3 Å². The van der Waals surface area contributed by atoms with E-state index < -0.39 is 10.0 Å². The lowest BCUT2D eigenvalue weighted by Crippen LogP contribution is -2.26. The average Bonchev–Trinajstić information content (AvgIpc) is 2.74. The Bertz CT molecular complexity index is 1160. The van der Waals surface area contributed by atoms with Gasteiger partial charge < -0.3 is 5.32 Å². The second kappa shape index (κ2) is 8.92. The molecule has 0 aliphatic rings. The predicted molar refractivity (Wildman–Crippen MR) is 117 cm³/mol. The minimum atomic E-state index is -3.65. The number of sulfonamides is 1. The summed E-state index contributed by atoms with van der Waals surface area (Å²) in [4.78, 5) is 24.0. The molecule has 1 N–H and O–H groups in total. The van der Waals surface area contributed by atoms with E-state index in [2.05, 4.69) is 5.32 Å². The molecule has 0 fully saturated rings. The van der Waals surface area contributed by atoms with Crippen molar-refractivity contribution in [3.05, 3.63) is 90.0 Å². The molecule has 0 unspecified atom stereocenters. The van der Waals surface area contributed by atoms with Crippen LogP contribution in [0, 0.1) is 0 Å². The molecule has 0 saturated carbocycles. The molecule has 7 heteroatoms. The van der Waals surface area contributed by atoms with Crippen molar-refractivity contribution in [2.24, 2.45) is 0 Å². The number of nitrogens with one attached hydrogen (secondary N) is 1. The first-order chi connectivity index (χ1) is 14.3. The van der Waals surface area contributed by atoms with E-state index in [1.807, 2.05) is 0 Å². The first-order valence-corrected chi connectivity index (χ1v) is 10.7. The Labute approximate surface area is 176 Å². The zero-order valence-electron chi connectivity index (χ0n) is 16.7. The second-order valence-corrected chi connectivity index (χ2v) is 8.78. The number of hydrogen-bond acceptors (Lipinski definition) is 4. The number of ketones is 1. The van der Waals surface area contributed by atoms with Gasteiger partial charge in [0.25, 0.3) is 10.0 Å². The zero-order chi connectivity index (χ0) is 21.7. The Kier molecular flexibility index (Phi) is 6.32. The molecule has 0 bridgehead atoms. The molecule has 0 heterocycles. The van der Waals surface area contributed by atoms with Crippen LogP contribution in [0.15, 0.2) is 83.8 Å². The highest BCUT2D eigenvalue weighted by atomic mass is 32.2. The van der Waals surface area contributed by atoms with Crippen LogP contribution in [0.25, 0.3) is 0 Å². The van der Waals surface area contributed by atoms with Crippen LogP contribution in [0.1, 0.15) is 22.8 Å². The molecule has 3 aromatic carbocycles. The second-order valence-electron chi connectivity index (χ2n) is 6.81. The molecule has 154 valence electrons. The van der Waals surface area contributed by atoms with Crippen molar-refractivity contribution in [3.8, 4) is 0 Å². The van der Waals surface area contributed by atoms with Crippen LogP contribution in [-0.4, -0.2) is 27.2 Å². The SMILES string of the molecule is CC(=O)c1cccc(NC(=O)Cc2ccc(N(C)S(=O)(=O)c3ccccc3)cc2)c1. The molecule has 0 radical (unpaired) electrons. The number of Topliss-reactive ketones (excluding diaryl/α,β-unsaturated/α-hetero) is 1. The summed E-state index contributed by atoms with van der Waals surface area (Å²) < 4.78 is 26.6. The lowest BCUT2D eigenvalue weighted by Gasteiger charge is -2.19. The van der Waals surface area contributed by atoms with Crippen LogP contribution in [-0.2, 0) is 21.2 Å². The molecule has 0 aliphatic heterocycles. The summed E-state index contributed by atoms with van der Waals surface area (Å²) in [5.41, 5.74) is 2.32. The Balaban J connectivity index is 1.68. The van der Waals surface area contributed by atoms with Crippen molar-refractivity contribution in [2.45, 2.75) is 18.2 Å². The summed E-state index contributed by atoms with van der Waals surface area (Å²) in [6, 6.07) is 21.7. The molecule has 0 spiro atoms. The average molecular weight is 423 g/mol. The van der Waals surface area contributed by atoms with Gasteiger partial charge in [-0.2, -0.15) is 0 Å². The molecule has 0 aliphatic carbocycles. The molecule has 0 saturated heterocycles. The van der Waals surface area contributed by atoms with Gasteiger partial charge in [-0.25, -0.2) is 8.42 Å². The molecule has 6 nitrogen and oxygen atoms in total. The topological polar surface area (TPSA) is 83.6 Å². The molecule has 3 rings (SSSR count). The fourth-order valence-electron chi connectivity index (χ4n) is 2.92. The van der Waals surface area contributed by atoms with Crippen molar-refractivity contribution in [1.29, 1.82) is 0 Å². The molecular weight excluding hydrogens is 400 g/mol. The third-order valence-electron chi connectivity index (χ3n) is 4.62. The number of amides is 1. The van der Waals surface area contributed by atoms with E-state index in [0.717, 1.165) is 5.56 Å². The largest absolute Gasteiger partial charge is 0.326 e. The van der Waals surface area contributed by atoms with Gasteiger partial charge >= 0.3 is 0 Å². The number of rotatable bonds is 7. The molecule has 1 amide bonds. The van der Waals surface area contributed by atoms with Gasteiger partial charge in [0.15, 0.2) is 5.78 Å². The van der Waals surface area contributed by atoms with E-state index in [-0.39, 0.29) is 23.0 Å². The van der Waals surface area contributed by atoms with Gasteiger partial charge in [0.1, 0.15) is 0 Å². The summed E-state index contributed by atoms with van der Waals surface area (Å²) in [6.07, 6.45) is 0.125. The van der Waals surface area contributed by atoms with E-state index in [1.54, 1.807) is 78.9 Å². The molecule has 0 atom stereocenters. The highest BCUT2D eigenvalue weighted by Gasteiger charge is 2.20. The zero-order valence-corrected chi connectivity index (χ0v) is 17.5. The van der Waals surface area contributed by atoms with E-state index in [4.69, 9.17) is 0 Å². The Morgan fingerprint density at radius 3 is 2.20 bits per heavy atom. The van der Waals surface area contributed by atoms with Crippen molar-refractivity contribution in [2.75, 3.05) is 16.7 Å². The predicted octanol–water partition coefficient (Wildman–Crippen LogP) is 3.90. The number of anilines is 2. The van der Waals surface area contributed by atoms with E-state index in [1.165, 1.54) is 18.3 Å². The molecular formula is C23H22N2O4S. The summed E-state index contributed by atoms with van der Waals surface area (Å²) in [5, 5.41) is 2.77. The fourth-order valence-corrected chi connectivity index (χ4v) is 4.14. The van der Waals surface area contributed by atoms with Crippen LogP contribution < -0.4 is 9.62 Å². The minimum absolute atomic E-state index is 0.0729. The maximum absolute atomic E-state index is 12.7. The monoisotopic (exact) mass is 422 g/mol. The lowest BCUT2D eigenvalue weighted by atomic mass is 10.1. The maximum atomic E-state index is 12.7. The summed E-state index contributed by atoms with van der Waals surface area (Å²) in [5.74, 6) is -0.301. The van der Waals surface area contributed by atoms with Crippen LogP contribution in [0.4, 0.5) is 11.4 Å². The van der Waals surface area contributed by atoms with Crippen molar-refractivity contribution >= 4 is 33.1 Å². The van der Waals surface area contributed by atoms with Crippen molar-refractivity contribution in [3.63, 3.8) is 0 Å². The van der Waals surface area contributed by atoms with Gasteiger partial charge in [-0.3, -0.25) is 13.9 Å². The van der Waals surface area contributed by atoms with Gasteiger partial charge in [0.05, 0.1) is 17.0 Å². The first-order valence-electron chi connectivity index (χ1n) is 9.31. The minimum Gasteiger partial charge on any atom is -0.326 e. The Hall–Kier alpha value is -3.45. The summed E-state index contributed by atoms with van der Waals surface area (Å²) >= 11 is 0. The van der Waals surface area contributed by atoms with E-state index in [0.29, 0.717) is 16.9 Å². The highest BCUT2D eigenvalue weighted by molar-refractivity contribution is 7.92. The van der Waals surface area contributed by atoms with E-state index in [9.17, 15) is 18.0 Å². The first kappa shape index (κ1) is 21.3. The normalized spacial score (nSPS) is 11.0. The van der Waals surface area contributed by atoms with Crippen LogP contribution in [0.5, 0.6) is 0 Å². The quantitative estimate of drug-likeness (QED) is 0.586. The number of nitrogens with zero attached hydrogens (tertiary/aromatic N) is 1. The fraction of sp³-hybridized carbons (Fsp3) is 0.130. The molecule has 30 heavy (non-hydrogen) atoms. The number of benzene rings is 3. The summed E-state index contributed by atoms with van der Waals surface area (Å²) in [6.45, 7) is 1.47. The smallest absolute Gasteiger partial charge is 0.264 e. The number of carbonyl (C=O) groups is 2. The van der Waals surface area contributed by atoms with Gasteiger partial charge in [-0.1, -0.05) is 42.5 Å². The number of hydrogen-bond donors (Lipinski definition) is 1. The molecule has 0 aromatic heterocycles. The highest BCUT2D eigenvalue weighted by Crippen LogP contribution is 2.22. The lowest BCUT2D eigenvalue weighted by molar-refractivity contribution is -0.115. The van der Waals surface area contributed by atoms with Crippen molar-refractivity contribution in [1.82, 2.24) is 0 Å². The van der Waals surface area contributed by atoms with E-state index >= 15 is 0 Å². The Morgan fingerprint density at radius 1 is 0.900 bits per heavy atom. The third-order valence-corrected chi connectivity index (χ3v) is 6.42.